The van der Waals surface area contributed by atoms with E-state index in [0.717, 1.165) is 12.3 Å². The number of carboxylic acids is 1. The van der Waals surface area contributed by atoms with E-state index in [1.807, 2.05) is 0 Å². The molecule has 5 aliphatic rings. The fourth-order valence-electron chi connectivity index (χ4n) is 11.2. The van der Waals surface area contributed by atoms with Crippen molar-refractivity contribution in [3.63, 3.8) is 0 Å². The van der Waals surface area contributed by atoms with Crippen LogP contribution in [0.3, 0.4) is 0 Å². The second-order valence-corrected chi connectivity index (χ2v) is 14.3. The van der Waals surface area contributed by atoms with Gasteiger partial charge in [0, 0.05) is 18.4 Å². The van der Waals surface area contributed by atoms with E-state index >= 15 is 0 Å². The summed E-state index contributed by atoms with van der Waals surface area (Å²) in [5.41, 5.74) is 1.53. The van der Waals surface area contributed by atoms with Crippen LogP contribution in [-0.4, -0.2) is 28.1 Å². The topological polar surface area (TPSA) is 74.6 Å². The van der Waals surface area contributed by atoms with Crippen LogP contribution in [0.1, 0.15) is 105 Å². The summed E-state index contributed by atoms with van der Waals surface area (Å²) in [5.74, 6) is 1.18. The molecule has 4 nitrogen and oxygen atoms in total. The molecule has 0 bridgehead atoms. The predicted octanol–water partition coefficient (Wildman–Crippen LogP) is 6.41. The fourth-order valence-corrected chi connectivity index (χ4v) is 11.2. The molecule has 0 saturated heterocycles. The number of aliphatic hydroxyl groups excluding tert-OH is 1. The van der Waals surface area contributed by atoms with Gasteiger partial charge in [-0.15, -0.1) is 0 Å². The summed E-state index contributed by atoms with van der Waals surface area (Å²) in [6.07, 6.45) is 11.4. The minimum atomic E-state index is -1.06. The normalized spacial score (nSPS) is 49.1. The summed E-state index contributed by atoms with van der Waals surface area (Å²) in [5, 5.41) is 19.9. The molecule has 190 valence electrons. The van der Waals surface area contributed by atoms with Gasteiger partial charge in [0.25, 0.3) is 0 Å². The van der Waals surface area contributed by atoms with Gasteiger partial charge in [-0.2, -0.15) is 0 Å². The lowest BCUT2D eigenvalue weighted by atomic mass is 9.41. The number of carbonyl (C=O) groups excluding carboxylic acids is 1. The fraction of sp³-hybridized carbons (Fsp3) is 0.867. The van der Waals surface area contributed by atoms with Crippen molar-refractivity contribution < 1.29 is 19.8 Å². The molecule has 0 aliphatic heterocycles. The van der Waals surface area contributed by atoms with Crippen molar-refractivity contribution in [2.24, 2.45) is 50.7 Å². The maximum absolute atomic E-state index is 12.7. The number of carboxylic acid groups (broad SMARTS) is 1. The maximum Gasteiger partial charge on any atom is 0.331 e. The number of rotatable bonds is 6. The van der Waals surface area contributed by atoms with Gasteiger partial charge >= 0.3 is 5.97 Å². The molecule has 2 N–H and O–H groups in total. The van der Waals surface area contributed by atoms with Crippen molar-refractivity contribution in [2.45, 2.75) is 111 Å². The van der Waals surface area contributed by atoms with E-state index in [4.69, 9.17) is 5.11 Å². The molecule has 0 aromatic heterocycles. The minimum absolute atomic E-state index is 0.00981. The molecule has 5 fully saturated rings. The van der Waals surface area contributed by atoms with Crippen LogP contribution in [0.5, 0.6) is 0 Å². The molecule has 0 heterocycles. The molecule has 0 amide bonds. The Labute approximate surface area is 206 Å². The number of aliphatic carboxylic acids is 1. The molecule has 0 aromatic rings. The van der Waals surface area contributed by atoms with Crippen molar-refractivity contribution in [1.82, 2.24) is 0 Å². The zero-order chi connectivity index (χ0) is 24.9. The first-order valence-corrected chi connectivity index (χ1v) is 13.9. The van der Waals surface area contributed by atoms with Gasteiger partial charge in [0.15, 0.2) is 0 Å². The maximum atomic E-state index is 12.7. The second-order valence-electron chi connectivity index (χ2n) is 14.3. The third-order valence-corrected chi connectivity index (χ3v) is 13.1. The Morgan fingerprint density at radius 2 is 1.56 bits per heavy atom. The number of Topliss-reactive ketones (excluding diaryl/α,β-unsaturated/α-hetero) is 1. The molecular formula is C30H46O4. The van der Waals surface area contributed by atoms with Crippen molar-refractivity contribution in [1.29, 1.82) is 0 Å². The molecule has 5 saturated carbocycles. The van der Waals surface area contributed by atoms with E-state index in [9.17, 15) is 14.7 Å². The number of ketones is 1. The highest BCUT2D eigenvalue weighted by Gasteiger charge is 2.82. The quantitative estimate of drug-likeness (QED) is 0.440. The lowest BCUT2D eigenvalue weighted by Crippen LogP contribution is -2.57. The zero-order valence-electron chi connectivity index (χ0n) is 22.1. The smallest absolute Gasteiger partial charge is 0.331 e. The standard InChI is InChI=1S/C30H46O4/c1-18(15-20(31)16-19(2)25(33)34)21-9-11-28(6)23-8-7-22-26(3,4)24(32)10-12-29(22)17-30(23,29)14-13-27(21,28)5/h18,21-24,32H,2,7-17H2,1,3-6H3,(H,33,34)/t18-,21-,22+,23+,24-,27-,28+,29-,30+/m0/s1. The molecule has 0 radical (unpaired) electrons. The predicted molar refractivity (Wildman–Crippen MR) is 133 cm³/mol. The molecule has 0 aromatic carbocycles. The van der Waals surface area contributed by atoms with Gasteiger partial charge in [-0.05, 0) is 109 Å². The number of carbonyl (C=O) groups is 2. The van der Waals surface area contributed by atoms with E-state index in [1.54, 1.807) is 0 Å². The van der Waals surface area contributed by atoms with E-state index in [1.165, 1.54) is 51.4 Å². The number of aliphatic hydroxyl groups is 1. The second kappa shape index (κ2) is 7.43. The number of hydrogen-bond donors (Lipinski definition) is 2. The van der Waals surface area contributed by atoms with Crippen molar-refractivity contribution in [3.8, 4) is 0 Å². The van der Waals surface area contributed by atoms with Crippen LogP contribution in [0.15, 0.2) is 12.2 Å². The lowest BCUT2D eigenvalue weighted by molar-refractivity contribution is -0.161. The Morgan fingerprint density at radius 3 is 2.24 bits per heavy atom. The van der Waals surface area contributed by atoms with Crippen LogP contribution in [0, 0.1) is 50.7 Å². The molecule has 5 aliphatic carbocycles. The van der Waals surface area contributed by atoms with Gasteiger partial charge in [0.2, 0.25) is 0 Å². The Balaban J connectivity index is 1.36. The summed E-state index contributed by atoms with van der Waals surface area (Å²) < 4.78 is 0. The van der Waals surface area contributed by atoms with Crippen LogP contribution in [0.2, 0.25) is 0 Å². The van der Waals surface area contributed by atoms with Crippen molar-refractivity contribution >= 4 is 11.8 Å². The first-order chi connectivity index (χ1) is 15.8. The van der Waals surface area contributed by atoms with Gasteiger partial charge in [0.1, 0.15) is 5.78 Å². The summed E-state index contributed by atoms with van der Waals surface area (Å²) in [6, 6.07) is 0. The molecular weight excluding hydrogens is 424 g/mol. The zero-order valence-corrected chi connectivity index (χ0v) is 22.1. The Hall–Kier alpha value is -1.16. The highest BCUT2D eigenvalue weighted by atomic mass is 16.4. The van der Waals surface area contributed by atoms with Crippen LogP contribution in [0.25, 0.3) is 0 Å². The Bertz CT molecular complexity index is 921. The van der Waals surface area contributed by atoms with Crippen LogP contribution in [-0.2, 0) is 9.59 Å². The molecule has 4 heteroatoms. The van der Waals surface area contributed by atoms with E-state index in [2.05, 4.69) is 41.2 Å². The van der Waals surface area contributed by atoms with E-state index in [0.29, 0.717) is 34.5 Å². The summed E-state index contributed by atoms with van der Waals surface area (Å²) in [7, 11) is 0. The summed E-state index contributed by atoms with van der Waals surface area (Å²) in [6.45, 7) is 15.6. The third kappa shape index (κ3) is 2.93. The Kier molecular flexibility index (Phi) is 5.36. The summed E-state index contributed by atoms with van der Waals surface area (Å²) in [4.78, 5) is 23.8. The van der Waals surface area contributed by atoms with Gasteiger partial charge in [-0.3, -0.25) is 4.79 Å². The SMILES string of the molecule is C=C(CC(=O)C[C@H](C)[C@@H]1CC[C@]2(C)[C@H]3CC[C@@H]4C(C)(C)[C@@H](O)CC[C@]45C[C@]35CC[C@@]12C)C(=O)O. The van der Waals surface area contributed by atoms with Gasteiger partial charge < -0.3 is 10.2 Å². The average molecular weight is 471 g/mol. The van der Waals surface area contributed by atoms with Gasteiger partial charge in [-0.25, -0.2) is 4.79 Å². The van der Waals surface area contributed by atoms with Crippen LogP contribution >= 0.6 is 0 Å². The first kappa shape index (κ1) is 24.5. The Morgan fingerprint density at radius 1 is 0.912 bits per heavy atom. The van der Waals surface area contributed by atoms with Gasteiger partial charge in [-0.1, -0.05) is 41.2 Å². The highest BCUT2D eigenvalue weighted by molar-refractivity contribution is 5.94. The monoisotopic (exact) mass is 470 g/mol. The van der Waals surface area contributed by atoms with Crippen molar-refractivity contribution in [3.05, 3.63) is 12.2 Å². The summed E-state index contributed by atoms with van der Waals surface area (Å²) >= 11 is 0. The molecule has 2 spiro atoms. The highest BCUT2D eigenvalue weighted by Crippen LogP contribution is 2.89. The van der Waals surface area contributed by atoms with E-state index < -0.39 is 5.97 Å². The third-order valence-electron chi connectivity index (χ3n) is 13.1. The number of fused-ring (bicyclic) bond motifs is 2. The van der Waals surface area contributed by atoms with Gasteiger partial charge in [0.05, 0.1) is 6.10 Å². The molecule has 9 atom stereocenters. The first-order valence-electron chi connectivity index (χ1n) is 13.9. The van der Waals surface area contributed by atoms with Crippen LogP contribution in [0.4, 0.5) is 0 Å². The average Bonchev–Trinajstić information content (AvgIpc) is 3.33. The number of hydrogen-bond acceptors (Lipinski definition) is 3. The van der Waals surface area contributed by atoms with Crippen molar-refractivity contribution in [2.75, 3.05) is 0 Å². The van der Waals surface area contributed by atoms with Crippen LogP contribution < -0.4 is 0 Å². The molecule has 5 rings (SSSR count). The lowest BCUT2D eigenvalue weighted by Gasteiger charge is -2.63. The molecule has 0 unspecified atom stereocenters. The largest absolute Gasteiger partial charge is 0.478 e. The van der Waals surface area contributed by atoms with E-state index in [-0.39, 0.29) is 40.6 Å². The molecule has 34 heavy (non-hydrogen) atoms. The minimum Gasteiger partial charge on any atom is -0.478 e.